The summed E-state index contributed by atoms with van der Waals surface area (Å²) < 4.78 is 31.3. The first-order valence-electron chi connectivity index (χ1n) is 10.3. The monoisotopic (exact) mass is 424 g/mol. The normalized spacial score (nSPS) is 14.4. The third-order valence-corrected chi connectivity index (χ3v) is 5.10. The number of benzene rings is 2. The largest absolute Gasteiger partial charge is 0.492 e. The Kier molecular flexibility index (Phi) is 6.96. The van der Waals surface area contributed by atoms with E-state index in [0.29, 0.717) is 12.4 Å². The Bertz CT molecular complexity index is 1030. The van der Waals surface area contributed by atoms with E-state index in [-0.39, 0.29) is 18.0 Å². The molecule has 6 nitrogen and oxygen atoms in total. The molecule has 4 rings (SSSR count). The molecule has 1 aliphatic rings. The number of hydrogen-bond donors (Lipinski definition) is 0. The van der Waals surface area contributed by atoms with E-state index >= 15 is 0 Å². The standard InChI is InChI=1S/C24H25FN2O4/c25-20-3-1-19(2-4-20)18-31-23-9-10-27(24(28)17-23)21-5-7-22(8-6-21)30-16-13-26-11-14-29-15-12-26/h1-10,17H,11-16,18H2. The molecule has 0 radical (unpaired) electrons. The zero-order valence-electron chi connectivity index (χ0n) is 17.2. The van der Waals surface area contributed by atoms with Crippen molar-refractivity contribution in [3.8, 4) is 17.2 Å². The summed E-state index contributed by atoms with van der Waals surface area (Å²) in [4.78, 5) is 14.8. The van der Waals surface area contributed by atoms with Gasteiger partial charge in [0.1, 0.15) is 30.5 Å². The molecule has 1 aliphatic heterocycles. The van der Waals surface area contributed by atoms with E-state index in [1.54, 1.807) is 29.0 Å². The van der Waals surface area contributed by atoms with Crippen LogP contribution >= 0.6 is 0 Å². The van der Waals surface area contributed by atoms with E-state index in [1.807, 2.05) is 24.3 Å². The Hall–Kier alpha value is -3.16. The van der Waals surface area contributed by atoms with Crippen LogP contribution in [0, 0.1) is 5.82 Å². The predicted molar refractivity (Wildman–Crippen MR) is 116 cm³/mol. The summed E-state index contributed by atoms with van der Waals surface area (Å²) >= 11 is 0. The van der Waals surface area contributed by atoms with Gasteiger partial charge in [-0.25, -0.2) is 4.39 Å². The molecule has 0 amide bonds. The molecule has 0 unspecified atom stereocenters. The van der Waals surface area contributed by atoms with Crippen molar-refractivity contribution in [2.45, 2.75) is 6.61 Å². The van der Waals surface area contributed by atoms with Crippen molar-refractivity contribution in [1.29, 1.82) is 0 Å². The lowest BCUT2D eigenvalue weighted by Crippen LogP contribution is -2.38. The van der Waals surface area contributed by atoms with Crippen LogP contribution in [0.25, 0.3) is 5.69 Å². The maximum Gasteiger partial charge on any atom is 0.258 e. The average Bonchev–Trinajstić information content (AvgIpc) is 2.80. The van der Waals surface area contributed by atoms with Crippen molar-refractivity contribution in [2.75, 3.05) is 39.5 Å². The fraction of sp³-hybridized carbons (Fsp3) is 0.292. The van der Waals surface area contributed by atoms with Gasteiger partial charge in [0, 0.05) is 37.6 Å². The second kappa shape index (κ2) is 10.2. The molecule has 0 atom stereocenters. The summed E-state index contributed by atoms with van der Waals surface area (Å²) in [6.45, 7) is 5.17. The Labute approximate surface area is 180 Å². The topological polar surface area (TPSA) is 52.9 Å². The van der Waals surface area contributed by atoms with Gasteiger partial charge in [-0.1, -0.05) is 12.1 Å². The fourth-order valence-corrected chi connectivity index (χ4v) is 3.33. The van der Waals surface area contributed by atoms with E-state index in [0.717, 1.165) is 49.8 Å². The number of morpholine rings is 1. The summed E-state index contributed by atoms with van der Waals surface area (Å²) in [6.07, 6.45) is 1.68. The molecular weight excluding hydrogens is 399 g/mol. The quantitative estimate of drug-likeness (QED) is 0.556. The second-order valence-corrected chi connectivity index (χ2v) is 7.28. The van der Waals surface area contributed by atoms with Crippen LogP contribution < -0.4 is 15.0 Å². The molecule has 0 aliphatic carbocycles. The number of halogens is 1. The molecule has 3 aromatic rings. The maximum atomic E-state index is 13.0. The van der Waals surface area contributed by atoms with Crippen LogP contribution in [0.5, 0.6) is 11.5 Å². The Morgan fingerprint density at radius 3 is 2.35 bits per heavy atom. The van der Waals surface area contributed by atoms with Gasteiger partial charge in [0.25, 0.3) is 5.56 Å². The summed E-state index contributed by atoms with van der Waals surface area (Å²) in [5, 5.41) is 0. The molecule has 0 N–H and O–H groups in total. The highest BCUT2D eigenvalue weighted by Gasteiger charge is 2.10. The molecule has 0 saturated carbocycles. The molecule has 0 bridgehead atoms. The molecule has 2 aromatic carbocycles. The van der Waals surface area contributed by atoms with E-state index < -0.39 is 0 Å². The minimum Gasteiger partial charge on any atom is -0.492 e. The number of aromatic nitrogens is 1. The van der Waals surface area contributed by atoms with E-state index in [2.05, 4.69) is 4.90 Å². The summed E-state index contributed by atoms with van der Waals surface area (Å²) in [6, 6.07) is 16.7. The number of pyridine rings is 1. The van der Waals surface area contributed by atoms with Crippen LogP contribution in [0.3, 0.4) is 0 Å². The van der Waals surface area contributed by atoms with Gasteiger partial charge >= 0.3 is 0 Å². The van der Waals surface area contributed by atoms with Crippen molar-refractivity contribution < 1.29 is 18.6 Å². The average molecular weight is 424 g/mol. The number of ether oxygens (including phenoxy) is 3. The minimum atomic E-state index is -0.292. The molecule has 2 heterocycles. The van der Waals surface area contributed by atoms with Gasteiger partial charge in [-0.15, -0.1) is 0 Å². The van der Waals surface area contributed by atoms with Crippen molar-refractivity contribution >= 4 is 0 Å². The Morgan fingerprint density at radius 2 is 1.65 bits per heavy atom. The maximum absolute atomic E-state index is 13.0. The van der Waals surface area contributed by atoms with Crippen molar-refractivity contribution in [3.63, 3.8) is 0 Å². The van der Waals surface area contributed by atoms with E-state index in [1.165, 1.54) is 18.2 Å². The highest BCUT2D eigenvalue weighted by Crippen LogP contribution is 2.16. The number of nitrogens with zero attached hydrogens (tertiary/aromatic N) is 2. The third-order valence-electron chi connectivity index (χ3n) is 5.10. The van der Waals surface area contributed by atoms with Crippen LogP contribution in [-0.2, 0) is 11.3 Å². The number of rotatable bonds is 8. The third kappa shape index (κ3) is 5.93. The van der Waals surface area contributed by atoms with Crippen molar-refractivity contribution in [3.05, 3.63) is 88.6 Å². The lowest BCUT2D eigenvalue weighted by Gasteiger charge is -2.26. The highest BCUT2D eigenvalue weighted by molar-refractivity contribution is 5.38. The van der Waals surface area contributed by atoms with Crippen molar-refractivity contribution in [1.82, 2.24) is 9.47 Å². The zero-order valence-corrected chi connectivity index (χ0v) is 17.2. The van der Waals surface area contributed by atoms with Gasteiger partial charge in [0.15, 0.2) is 0 Å². The fourth-order valence-electron chi connectivity index (χ4n) is 3.33. The summed E-state index contributed by atoms with van der Waals surface area (Å²) in [7, 11) is 0. The van der Waals surface area contributed by atoms with Gasteiger partial charge < -0.3 is 14.2 Å². The van der Waals surface area contributed by atoms with Gasteiger partial charge in [0.05, 0.1) is 13.2 Å². The molecule has 162 valence electrons. The molecule has 0 spiro atoms. The van der Waals surface area contributed by atoms with Gasteiger partial charge in [-0.05, 0) is 48.0 Å². The first-order valence-corrected chi connectivity index (χ1v) is 10.3. The molecular formula is C24H25FN2O4. The SMILES string of the molecule is O=c1cc(OCc2ccc(F)cc2)ccn1-c1ccc(OCCN2CCOCC2)cc1. The van der Waals surface area contributed by atoms with Crippen LogP contribution in [0.4, 0.5) is 4.39 Å². The Morgan fingerprint density at radius 1 is 0.903 bits per heavy atom. The minimum absolute atomic E-state index is 0.197. The van der Waals surface area contributed by atoms with Gasteiger partial charge in [-0.2, -0.15) is 0 Å². The molecule has 7 heteroatoms. The summed E-state index contributed by atoms with van der Waals surface area (Å²) in [5.74, 6) is 0.942. The number of hydrogen-bond acceptors (Lipinski definition) is 5. The van der Waals surface area contributed by atoms with Crippen LogP contribution in [0.15, 0.2) is 71.7 Å². The van der Waals surface area contributed by atoms with Crippen LogP contribution in [0.1, 0.15) is 5.56 Å². The van der Waals surface area contributed by atoms with E-state index in [4.69, 9.17) is 14.2 Å². The first kappa shape index (κ1) is 21.1. The van der Waals surface area contributed by atoms with Gasteiger partial charge in [-0.3, -0.25) is 14.3 Å². The lowest BCUT2D eigenvalue weighted by atomic mass is 10.2. The Balaban J connectivity index is 1.32. The predicted octanol–water partition coefficient (Wildman–Crippen LogP) is 3.27. The molecule has 1 aromatic heterocycles. The zero-order chi connectivity index (χ0) is 21.5. The lowest BCUT2D eigenvalue weighted by molar-refractivity contribution is 0.0322. The highest BCUT2D eigenvalue weighted by atomic mass is 19.1. The molecule has 31 heavy (non-hydrogen) atoms. The van der Waals surface area contributed by atoms with Crippen LogP contribution in [-0.4, -0.2) is 48.9 Å². The second-order valence-electron chi connectivity index (χ2n) is 7.28. The smallest absolute Gasteiger partial charge is 0.258 e. The summed E-state index contributed by atoms with van der Waals surface area (Å²) in [5.41, 5.74) is 1.38. The van der Waals surface area contributed by atoms with Crippen LogP contribution in [0.2, 0.25) is 0 Å². The molecule has 1 fully saturated rings. The van der Waals surface area contributed by atoms with Gasteiger partial charge in [0.2, 0.25) is 0 Å². The van der Waals surface area contributed by atoms with E-state index in [9.17, 15) is 9.18 Å². The van der Waals surface area contributed by atoms with Crippen molar-refractivity contribution in [2.24, 2.45) is 0 Å². The first-order chi connectivity index (χ1) is 15.2. The molecule has 1 saturated heterocycles.